The van der Waals surface area contributed by atoms with E-state index in [1.165, 1.54) is 11.3 Å². The summed E-state index contributed by atoms with van der Waals surface area (Å²) in [6.45, 7) is 1.59. The summed E-state index contributed by atoms with van der Waals surface area (Å²) >= 11 is 1.34. The van der Waals surface area contributed by atoms with Crippen LogP contribution in [0.25, 0.3) is 21.6 Å². The second-order valence-corrected chi connectivity index (χ2v) is 7.68. The molecule has 0 aliphatic rings. The second-order valence-electron chi connectivity index (χ2n) is 4.66. The summed E-state index contributed by atoms with van der Waals surface area (Å²) in [5, 5.41) is 0.490. The van der Waals surface area contributed by atoms with Gasteiger partial charge in [0.05, 0.1) is 11.4 Å². The van der Waals surface area contributed by atoms with E-state index in [4.69, 9.17) is 5.73 Å². The number of hydrogen-bond acceptors (Lipinski definition) is 6. The van der Waals surface area contributed by atoms with Crippen molar-refractivity contribution in [2.75, 3.05) is 16.2 Å². The number of sulfonamides is 1. The van der Waals surface area contributed by atoms with E-state index in [-0.39, 0.29) is 5.75 Å². The molecular formula is C14H14N4O2S2. The molecule has 22 heavy (non-hydrogen) atoms. The van der Waals surface area contributed by atoms with Crippen molar-refractivity contribution in [2.24, 2.45) is 0 Å². The van der Waals surface area contributed by atoms with E-state index in [0.29, 0.717) is 10.8 Å². The summed E-state index contributed by atoms with van der Waals surface area (Å²) in [6.07, 6.45) is 0. The van der Waals surface area contributed by atoms with Crippen molar-refractivity contribution in [1.29, 1.82) is 0 Å². The zero-order chi connectivity index (χ0) is 15.7. The molecule has 0 fully saturated rings. The highest BCUT2D eigenvalue weighted by Gasteiger charge is 2.08. The normalized spacial score (nSPS) is 11.7. The summed E-state index contributed by atoms with van der Waals surface area (Å²) in [4.78, 5) is 9.48. The van der Waals surface area contributed by atoms with Crippen LogP contribution in [0.3, 0.4) is 0 Å². The molecule has 1 aromatic carbocycles. The van der Waals surface area contributed by atoms with Crippen LogP contribution in [0.5, 0.6) is 0 Å². The van der Waals surface area contributed by atoms with Crippen molar-refractivity contribution in [3.05, 3.63) is 36.4 Å². The summed E-state index contributed by atoms with van der Waals surface area (Å²) < 4.78 is 25.6. The summed E-state index contributed by atoms with van der Waals surface area (Å²) in [5.41, 5.74) is 8.67. The van der Waals surface area contributed by atoms with Gasteiger partial charge in [-0.3, -0.25) is 4.72 Å². The number of thiazole rings is 1. The molecule has 3 aromatic rings. The minimum atomic E-state index is -3.26. The number of anilines is 2. The van der Waals surface area contributed by atoms with Gasteiger partial charge in [-0.25, -0.2) is 18.4 Å². The highest BCUT2D eigenvalue weighted by atomic mass is 32.2. The van der Waals surface area contributed by atoms with Gasteiger partial charge in [-0.2, -0.15) is 0 Å². The summed E-state index contributed by atoms with van der Waals surface area (Å²) in [7, 11) is -3.26. The third kappa shape index (κ3) is 3.02. The Kier molecular flexibility index (Phi) is 3.71. The molecule has 3 rings (SSSR count). The van der Waals surface area contributed by atoms with Crippen LogP contribution in [0.4, 0.5) is 10.8 Å². The number of nitrogens with zero attached hydrogens (tertiary/aromatic N) is 2. The van der Waals surface area contributed by atoms with Crippen LogP contribution in [0.1, 0.15) is 6.92 Å². The number of rotatable bonds is 4. The molecule has 0 spiro atoms. The highest BCUT2D eigenvalue weighted by molar-refractivity contribution is 7.92. The van der Waals surface area contributed by atoms with Gasteiger partial charge in [0, 0.05) is 11.3 Å². The lowest BCUT2D eigenvalue weighted by Crippen LogP contribution is -2.14. The van der Waals surface area contributed by atoms with Gasteiger partial charge in [0.15, 0.2) is 5.13 Å². The molecule has 0 aliphatic heterocycles. The Morgan fingerprint density at radius 2 is 1.86 bits per heavy atom. The maximum Gasteiger partial charge on any atom is 0.232 e. The highest BCUT2D eigenvalue weighted by Crippen LogP contribution is 2.26. The molecule has 8 heteroatoms. The number of fused-ring (bicyclic) bond motifs is 1. The SMILES string of the molecule is CCS(=O)(=O)Nc1ccc(-c2ccc3nc(N)sc3n2)cc1. The Bertz CT molecular complexity index is 918. The molecule has 0 unspecified atom stereocenters. The molecule has 3 N–H and O–H groups in total. The van der Waals surface area contributed by atoms with E-state index < -0.39 is 10.0 Å². The predicted octanol–water partition coefficient (Wildman–Crippen LogP) is 2.70. The van der Waals surface area contributed by atoms with Crippen molar-refractivity contribution >= 4 is 42.5 Å². The number of nitrogen functional groups attached to an aromatic ring is 1. The van der Waals surface area contributed by atoms with Crippen LogP contribution in [0, 0.1) is 0 Å². The van der Waals surface area contributed by atoms with Gasteiger partial charge in [-0.15, -0.1) is 0 Å². The molecule has 0 saturated heterocycles. The minimum Gasteiger partial charge on any atom is -0.375 e. The molecule has 2 heterocycles. The predicted molar refractivity (Wildman–Crippen MR) is 90.3 cm³/mol. The van der Waals surface area contributed by atoms with Gasteiger partial charge in [0.25, 0.3) is 0 Å². The molecule has 6 nitrogen and oxygen atoms in total. The minimum absolute atomic E-state index is 0.0414. The topological polar surface area (TPSA) is 98.0 Å². The maximum atomic E-state index is 11.5. The second kappa shape index (κ2) is 5.54. The fourth-order valence-electron chi connectivity index (χ4n) is 1.96. The number of hydrogen-bond donors (Lipinski definition) is 2. The fraction of sp³-hybridized carbons (Fsp3) is 0.143. The van der Waals surface area contributed by atoms with Crippen LogP contribution >= 0.6 is 11.3 Å². The first-order chi connectivity index (χ1) is 10.5. The number of pyridine rings is 1. The molecule has 0 atom stereocenters. The van der Waals surface area contributed by atoms with Crippen LogP contribution in [0.2, 0.25) is 0 Å². The number of nitrogens with one attached hydrogen (secondary N) is 1. The van der Waals surface area contributed by atoms with Gasteiger partial charge in [-0.1, -0.05) is 23.5 Å². The van der Waals surface area contributed by atoms with Gasteiger partial charge < -0.3 is 5.73 Å². The van der Waals surface area contributed by atoms with Crippen molar-refractivity contribution in [1.82, 2.24) is 9.97 Å². The zero-order valence-electron chi connectivity index (χ0n) is 11.8. The summed E-state index contributed by atoms with van der Waals surface area (Å²) in [5.74, 6) is 0.0414. The third-order valence-electron chi connectivity index (χ3n) is 3.11. The van der Waals surface area contributed by atoms with E-state index in [2.05, 4.69) is 14.7 Å². The quantitative estimate of drug-likeness (QED) is 0.764. The van der Waals surface area contributed by atoms with Crippen molar-refractivity contribution in [3.8, 4) is 11.3 Å². The van der Waals surface area contributed by atoms with Gasteiger partial charge >= 0.3 is 0 Å². The monoisotopic (exact) mass is 334 g/mol. The standard InChI is InChI=1S/C14H14N4O2S2/c1-2-22(19,20)18-10-5-3-9(4-6-10)11-7-8-12-13(16-11)21-14(15)17-12/h3-8,18H,2H2,1H3,(H2,15,17). The van der Waals surface area contributed by atoms with E-state index in [9.17, 15) is 8.42 Å². The first kappa shape index (κ1) is 14.7. The van der Waals surface area contributed by atoms with Gasteiger partial charge in [0.1, 0.15) is 10.3 Å². The average molecular weight is 334 g/mol. The van der Waals surface area contributed by atoms with Crippen LogP contribution in [-0.2, 0) is 10.0 Å². The first-order valence-corrected chi connectivity index (χ1v) is 9.08. The van der Waals surface area contributed by atoms with E-state index in [1.807, 2.05) is 24.3 Å². The molecular weight excluding hydrogens is 320 g/mol. The van der Waals surface area contributed by atoms with E-state index in [1.54, 1.807) is 19.1 Å². The van der Waals surface area contributed by atoms with E-state index in [0.717, 1.165) is 21.6 Å². The van der Waals surface area contributed by atoms with Crippen molar-refractivity contribution in [3.63, 3.8) is 0 Å². The van der Waals surface area contributed by atoms with Gasteiger partial charge in [-0.05, 0) is 31.2 Å². The van der Waals surface area contributed by atoms with Gasteiger partial charge in [0.2, 0.25) is 10.0 Å². The Morgan fingerprint density at radius 3 is 2.55 bits per heavy atom. The average Bonchev–Trinajstić information content (AvgIpc) is 2.87. The maximum absolute atomic E-state index is 11.5. The lowest BCUT2D eigenvalue weighted by molar-refractivity contribution is 0.602. The molecule has 0 amide bonds. The van der Waals surface area contributed by atoms with Crippen molar-refractivity contribution in [2.45, 2.75) is 6.92 Å². The Morgan fingerprint density at radius 1 is 1.14 bits per heavy atom. The fourth-order valence-corrected chi connectivity index (χ4v) is 3.30. The zero-order valence-corrected chi connectivity index (χ0v) is 13.4. The summed E-state index contributed by atoms with van der Waals surface area (Å²) in [6, 6.07) is 10.8. The third-order valence-corrected chi connectivity index (χ3v) is 5.21. The Labute approximate surface area is 132 Å². The molecule has 0 saturated carbocycles. The molecule has 0 radical (unpaired) electrons. The molecule has 114 valence electrons. The van der Waals surface area contributed by atoms with E-state index >= 15 is 0 Å². The molecule has 0 bridgehead atoms. The van der Waals surface area contributed by atoms with Crippen molar-refractivity contribution < 1.29 is 8.42 Å². The van der Waals surface area contributed by atoms with Crippen LogP contribution in [0.15, 0.2) is 36.4 Å². The Hall–Kier alpha value is -2.19. The number of nitrogens with two attached hydrogens (primary N) is 1. The number of benzene rings is 1. The smallest absolute Gasteiger partial charge is 0.232 e. The molecule has 0 aliphatic carbocycles. The molecule has 2 aromatic heterocycles. The van der Waals surface area contributed by atoms with Crippen LogP contribution in [-0.4, -0.2) is 24.1 Å². The lowest BCUT2D eigenvalue weighted by Gasteiger charge is -2.07. The Balaban J connectivity index is 1.90. The number of aromatic nitrogens is 2. The first-order valence-electron chi connectivity index (χ1n) is 6.61. The lowest BCUT2D eigenvalue weighted by atomic mass is 10.1. The van der Waals surface area contributed by atoms with Crippen LogP contribution < -0.4 is 10.5 Å². The largest absolute Gasteiger partial charge is 0.375 e.